The largest absolute Gasteiger partial charge is 0.495 e. The number of nitro benzene ring substituents is 1. The van der Waals surface area contributed by atoms with Crippen LogP contribution < -0.4 is 14.8 Å². The third kappa shape index (κ3) is 4.79. The summed E-state index contributed by atoms with van der Waals surface area (Å²) in [5, 5.41) is 13.6. The van der Waals surface area contributed by atoms with E-state index in [2.05, 4.69) is 21.2 Å². The normalized spacial score (nSPS) is 15.9. The number of nitrogens with one attached hydrogen (secondary N) is 1. The van der Waals surface area contributed by atoms with E-state index < -0.39 is 10.8 Å². The summed E-state index contributed by atoms with van der Waals surface area (Å²) in [5.41, 5.74) is 0.441. The number of methoxy groups -OCH3 is 1. The molecule has 1 unspecified atom stereocenters. The average Bonchev–Trinajstić information content (AvgIpc) is 3.20. The number of nitrogens with zero attached hydrogens (tertiary/aromatic N) is 1. The summed E-state index contributed by atoms with van der Waals surface area (Å²) in [6.45, 7) is 1.21. The zero-order valence-corrected chi connectivity index (χ0v) is 16.7. The number of ether oxygens (including phenoxy) is 3. The van der Waals surface area contributed by atoms with Crippen molar-refractivity contribution in [3.05, 3.63) is 56.5 Å². The van der Waals surface area contributed by atoms with E-state index in [9.17, 15) is 14.9 Å². The van der Waals surface area contributed by atoms with Crippen molar-refractivity contribution in [1.82, 2.24) is 0 Å². The Bertz CT molecular complexity index is 883. The Morgan fingerprint density at radius 2 is 2.11 bits per heavy atom. The molecule has 0 saturated carbocycles. The Morgan fingerprint density at radius 3 is 2.75 bits per heavy atom. The van der Waals surface area contributed by atoms with E-state index in [-0.39, 0.29) is 17.5 Å². The zero-order valence-electron chi connectivity index (χ0n) is 15.1. The monoisotopic (exact) mass is 450 g/mol. The molecular formula is C19H19BrN2O6. The van der Waals surface area contributed by atoms with Gasteiger partial charge in [0.1, 0.15) is 18.1 Å². The summed E-state index contributed by atoms with van der Waals surface area (Å²) in [6, 6.07) is 8.94. The van der Waals surface area contributed by atoms with Crippen molar-refractivity contribution in [2.24, 2.45) is 0 Å². The second kappa shape index (κ2) is 9.03. The van der Waals surface area contributed by atoms with Gasteiger partial charge < -0.3 is 19.5 Å². The SMILES string of the molecule is COc1ccc([N+](=O)[O-])cc1NC(=O)c1ccc(OCC2CCCO2)c(Br)c1. The Hall–Kier alpha value is -2.65. The Morgan fingerprint density at radius 1 is 1.32 bits per heavy atom. The number of hydrogen-bond donors (Lipinski definition) is 1. The fourth-order valence-electron chi connectivity index (χ4n) is 2.82. The summed E-state index contributed by atoms with van der Waals surface area (Å²) >= 11 is 3.41. The van der Waals surface area contributed by atoms with Gasteiger partial charge in [0.2, 0.25) is 0 Å². The van der Waals surface area contributed by atoms with Gasteiger partial charge in [0.05, 0.1) is 28.3 Å². The molecule has 0 spiro atoms. The van der Waals surface area contributed by atoms with Gasteiger partial charge in [0.25, 0.3) is 11.6 Å². The number of amides is 1. The number of nitro groups is 1. The highest BCUT2D eigenvalue weighted by Crippen LogP contribution is 2.31. The van der Waals surface area contributed by atoms with Crippen LogP contribution in [0.15, 0.2) is 40.9 Å². The van der Waals surface area contributed by atoms with Crippen molar-refractivity contribution in [2.75, 3.05) is 25.6 Å². The van der Waals surface area contributed by atoms with Crippen molar-refractivity contribution in [3.8, 4) is 11.5 Å². The van der Waals surface area contributed by atoms with Gasteiger partial charge in [-0.3, -0.25) is 14.9 Å². The number of rotatable bonds is 7. The molecule has 28 heavy (non-hydrogen) atoms. The van der Waals surface area contributed by atoms with Gasteiger partial charge in [-0.1, -0.05) is 0 Å². The first-order valence-electron chi connectivity index (χ1n) is 8.65. The van der Waals surface area contributed by atoms with E-state index in [0.717, 1.165) is 19.4 Å². The van der Waals surface area contributed by atoms with Crippen LogP contribution >= 0.6 is 15.9 Å². The van der Waals surface area contributed by atoms with Crippen molar-refractivity contribution >= 4 is 33.2 Å². The van der Waals surface area contributed by atoms with Crippen LogP contribution in [0.25, 0.3) is 0 Å². The standard InChI is InChI=1S/C19H19BrN2O6/c1-26-18-7-5-13(22(24)25)10-16(18)21-19(23)12-4-6-17(15(20)9-12)28-11-14-3-2-8-27-14/h4-7,9-10,14H,2-3,8,11H2,1H3,(H,21,23). The smallest absolute Gasteiger partial charge is 0.271 e. The first kappa shape index (κ1) is 20.1. The Labute approximate surface area is 170 Å². The Kier molecular flexibility index (Phi) is 6.48. The lowest BCUT2D eigenvalue weighted by Crippen LogP contribution is -2.17. The Balaban J connectivity index is 1.71. The predicted octanol–water partition coefficient (Wildman–Crippen LogP) is 4.18. The molecule has 0 bridgehead atoms. The van der Waals surface area contributed by atoms with Crippen molar-refractivity contribution < 1.29 is 23.9 Å². The van der Waals surface area contributed by atoms with Crippen LogP contribution in [-0.4, -0.2) is 37.3 Å². The van der Waals surface area contributed by atoms with Gasteiger partial charge in [0.15, 0.2) is 0 Å². The number of non-ortho nitro benzene ring substituents is 1. The molecule has 0 radical (unpaired) electrons. The molecule has 2 aromatic carbocycles. The molecule has 0 aliphatic carbocycles. The van der Waals surface area contributed by atoms with Gasteiger partial charge in [-0.05, 0) is 53.0 Å². The summed E-state index contributed by atoms with van der Waals surface area (Å²) in [4.78, 5) is 23.0. The second-order valence-corrected chi connectivity index (χ2v) is 7.04. The second-order valence-electron chi connectivity index (χ2n) is 6.19. The number of anilines is 1. The van der Waals surface area contributed by atoms with Gasteiger partial charge in [-0.15, -0.1) is 0 Å². The summed E-state index contributed by atoms with van der Waals surface area (Å²) in [6.07, 6.45) is 2.11. The highest BCUT2D eigenvalue weighted by molar-refractivity contribution is 9.10. The molecule has 2 aromatic rings. The van der Waals surface area contributed by atoms with Crippen LogP contribution in [0.1, 0.15) is 23.2 Å². The molecule has 1 N–H and O–H groups in total. The lowest BCUT2D eigenvalue weighted by atomic mass is 10.2. The van der Waals surface area contributed by atoms with Crippen LogP contribution in [0.4, 0.5) is 11.4 Å². The summed E-state index contributed by atoms with van der Waals surface area (Å²) in [5.74, 6) is 0.514. The van der Waals surface area contributed by atoms with E-state index in [1.807, 2.05) is 0 Å². The minimum atomic E-state index is -0.536. The lowest BCUT2D eigenvalue weighted by molar-refractivity contribution is -0.384. The van der Waals surface area contributed by atoms with E-state index in [0.29, 0.717) is 28.1 Å². The number of carbonyl (C=O) groups excluding carboxylic acids is 1. The van der Waals surface area contributed by atoms with Crippen LogP contribution in [0.5, 0.6) is 11.5 Å². The maximum absolute atomic E-state index is 12.6. The fraction of sp³-hybridized carbons (Fsp3) is 0.316. The lowest BCUT2D eigenvalue weighted by Gasteiger charge is -2.14. The minimum absolute atomic E-state index is 0.0937. The third-order valence-corrected chi connectivity index (χ3v) is 4.90. The quantitative estimate of drug-likeness (QED) is 0.501. The van der Waals surface area contributed by atoms with Crippen LogP contribution in [-0.2, 0) is 4.74 Å². The number of benzene rings is 2. The van der Waals surface area contributed by atoms with Crippen molar-refractivity contribution in [3.63, 3.8) is 0 Å². The molecule has 1 aliphatic heterocycles. The number of halogens is 1. The van der Waals surface area contributed by atoms with Gasteiger partial charge in [-0.25, -0.2) is 0 Å². The molecule has 1 amide bonds. The maximum Gasteiger partial charge on any atom is 0.271 e. The minimum Gasteiger partial charge on any atom is -0.495 e. The van der Waals surface area contributed by atoms with Crippen molar-refractivity contribution in [2.45, 2.75) is 18.9 Å². The summed E-state index contributed by atoms with van der Waals surface area (Å²) < 4.78 is 17.1. The molecule has 1 heterocycles. The maximum atomic E-state index is 12.6. The van der Waals surface area contributed by atoms with E-state index in [4.69, 9.17) is 14.2 Å². The van der Waals surface area contributed by atoms with E-state index in [1.165, 1.54) is 25.3 Å². The van der Waals surface area contributed by atoms with Crippen LogP contribution in [0, 0.1) is 10.1 Å². The fourth-order valence-corrected chi connectivity index (χ4v) is 3.31. The highest BCUT2D eigenvalue weighted by atomic mass is 79.9. The molecule has 8 nitrogen and oxygen atoms in total. The molecule has 3 rings (SSSR count). The van der Waals surface area contributed by atoms with Crippen LogP contribution in [0.3, 0.4) is 0 Å². The number of hydrogen-bond acceptors (Lipinski definition) is 6. The first-order chi connectivity index (χ1) is 13.5. The molecule has 0 aromatic heterocycles. The first-order valence-corrected chi connectivity index (χ1v) is 9.45. The van der Waals surface area contributed by atoms with Crippen molar-refractivity contribution in [1.29, 1.82) is 0 Å². The van der Waals surface area contributed by atoms with Gasteiger partial charge in [0, 0.05) is 24.3 Å². The van der Waals surface area contributed by atoms with Gasteiger partial charge in [-0.2, -0.15) is 0 Å². The van der Waals surface area contributed by atoms with Crippen LogP contribution in [0.2, 0.25) is 0 Å². The summed E-state index contributed by atoms with van der Waals surface area (Å²) in [7, 11) is 1.42. The average molecular weight is 451 g/mol. The molecular weight excluding hydrogens is 432 g/mol. The zero-order chi connectivity index (χ0) is 20.1. The molecule has 1 atom stereocenters. The molecule has 9 heteroatoms. The number of carbonyl (C=O) groups is 1. The molecule has 1 saturated heterocycles. The third-order valence-electron chi connectivity index (χ3n) is 4.28. The molecule has 148 valence electrons. The topological polar surface area (TPSA) is 99.9 Å². The van der Waals surface area contributed by atoms with Gasteiger partial charge >= 0.3 is 0 Å². The molecule has 1 aliphatic rings. The van der Waals surface area contributed by atoms with E-state index >= 15 is 0 Å². The predicted molar refractivity (Wildman–Crippen MR) is 106 cm³/mol. The van der Waals surface area contributed by atoms with E-state index in [1.54, 1.807) is 18.2 Å². The highest BCUT2D eigenvalue weighted by Gasteiger charge is 2.18. The molecule has 1 fully saturated rings.